The van der Waals surface area contributed by atoms with Crippen molar-refractivity contribution in [1.29, 1.82) is 5.26 Å². The Morgan fingerprint density at radius 2 is 1.85 bits per heavy atom. The van der Waals surface area contributed by atoms with Crippen LogP contribution in [0.25, 0.3) is 0 Å². The summed E-state index contributed by atoms with van der Waals surface area (Å²) in [4.78, 5) is 15.8. The Kier molecular flexibility index (Phi) is 7.78. The van der Waals surface area contributed by atoms with Crippen LogP contribution in [0, 0.1) is 24.1 Å². The average molecular weight is 369 g/mol. The standard InChI is InChI=1S/C21H24FN3O2/c1-17-8-10-18(11-9-17)27-15-14-24(2)16-21(26)25(13-5-12-23)20-7-4-3-6-19(20)22/h3-4,6-11H,5,13-16H2,1-2H3. The Hall–Kier alpha value is -2.91. The monoisotopic (exact) mass is 369 g/mol. The van der Waals surface area contributed by atoms with Crippen LogP contribution in [0.1, 0.15) is 12.0 Å². The molecular formula is C21H24FN3O2. The summed E-state index contributed by atoms with van der Waals surface area (Å²) >= 11 is 0. The molecule has 27 heavy (non-hydrogen) atoms. The zero-order valence-electron chi connectivity index (χ0n) is 15.7. The van der Waals surface area contributed by atoms with E-state index < -0.39 is 5.82 Å². The van der Waals surface area contributed by atoms with Crippen LogP contribution in [0.2, 0.25) is 0 Å². The molecule has 0 aromatic heterocycles. The van der Waals surface area contributed by atoms with Gasteiger partial charge >= 0.3 is 0 Å². The fourth-order valence-electron chi connectivity index (χ4n) is 2.56. The van der Waals surface area contributed by atoms with Crippen molar-refractivity contribution in [3.8, 4) is 11.8 Å². The summed E-state index contributed by atoms with van der Waals surface area (Å²) in [5.41, 5.74) is 1.36. The third-order valence-electron chi connectivity index (χ3n) is 4.06. The van der Waals surface area contributed by atoms with Crippen molar-refractivity contribution in [2.24, 2.45) is 0 Å². The van der Waals surface area contributed by atoms with Crippen LogP contribution in [0.4, 0.5) is 10.1 Å². The van der Waals surface area contributed by atoms with E-state index in [1.54, 1.807) is 25.2 Å². The molecule has 0 aliphatic heterocycles. The third-order valence-corrected chi connectivity index (χ3v) is 4.06. The lowest BCUT2D eigenvalue weighted by molar-refractivity contribution is -0.119. The van der Waals surface area contributed by atoms with Crippen molar-refractivity contribution >= 4 is 11.6 Å². The fraction of sp³-hybridized carbons (Fsp3) is 0.333. The Labute approximate surface area is 159 Å². The minimum atomic E-state index is -0.478. The summed E-state index contributed by atoms with van der Waals surface area (Å²) in [6, 6.07) is 15.9. The molecule has 0 heterocycles. The number of halogens is 1. The van der Waals surface area contributed by atoms with Crippen molar-refractivity contribution in [2.45, 2.75) is 13.3 Å². The highest BCUT2D eigenvalue weighted by Crippen LogP contribution is 2.19. The molecule has 1 amide bonds. The van der Waals surface area contributed by atoms with E-state index in [1.807, 2.05) is 42.2 Å². The predicted molar refractivity (Wildman–Crippen MR) is 103 cm³/mol. The Balaban J connectivity index is 1.90. The average Bonchev–Trinajstić information content (AvgIpc) is 2.65. The predicted octanol–water partition coefficient (Wildman–Crippen LogP) is 3.39. The van der Waals surface area contributed by atoms with Crippen LogP contribution in [0.5, 0.6) is 5.75 Å². The fourth-order valence-corrected chi connectivity index (χ4v) is 2.56. The molecule has 5 nitrogen and oxygen atoms in total. The van der Waals surface area contributed by atoms with Gasteiger partial charge in [0, 0.05) is 13.1 Å². The first-order valence-corrected chi connectivity index (χ1v) is 8.81. The van der Waals surface area contributed by atoms with Crippen molar-refractivity contribution in [1.82, 2.24) is 4.90 Å². The lowest BCUT2D eigenvalue weighted by atomic mass is 10.2. The molecule has 0 unspecified atom stereocenters. The molecule has 0 aliphatic carbocycles. The molecule has 0 atom stereocenters. The first-order valence-electron chi connectivity index (χ1n) is 8.81. The Bertz CT molecular complexity index is 787. The number of amides is 1. The smallest absolute Gasteiger partial charge is 0.241 e. The Morgan fingerprint density at radius 1 is 1.15 bits per heavy atom. The van der Waals surface area contributed by atoms with Crippen LogP contribution in [-0.2, 0) is 4.79 Å². The molecule has 142 valence electrons. The number of hydrogen-bond acceptors (Lipinski definition) is 4. The second-order valence-electron chi connectivity index (χ2n) is 6.30. The highest BCUT2D eigenvalue weighted by molar-refractivity contribution is 5.94. The number of aryl methyl sites for hydroxylation is 1. The van der Waals surface area contributed by atoms with E-state index >= 15 is 0 Å². The quantitative estimate of drug-likeness (QED) is 0.680. The van der Waals surface area contributed by atoms with Crippen LogP contribution < -0.4 is 9.64 Å². The van der Waals surface area contributed by atoms with E-state index in [0.29, 0.717) is 13.2 Å². The molecule has 0 N–H and O–H groups in total. The highest BCUT2D eigenvalue weighted by Gasteiger charge is 2.19. The maximum Gasteiger partial charge on any atom is 0.241 e. The molecule has 0 saturated carbocycles. The summed E-state index contributed by atoms with van der Waals surface area (Å²) in [5, 5.41) is 8.83. The van der Waals surface area contributed by atoms with Gasteiger partial charge in [0.2, 0.25) is 5.91 Å². The van der Waals surface area contributed by atoms with E-state index in [4.69, 9.17) is 10.00 Å². The maximum absolute atomic E-state index is 14.1. The molecule has 0 radical (unpaired) electrons. The van der Waals surface area contributed by atoms with Crippen molar-refractivity contribution < 1.29 is 13.9 Å². The summed E-state index contributed by atoms with van der Waals surface area (Å²) in [6.07, 6.45) is 0.139. The van der Waals surface area contributed by atoms with Crippen LogP contribution in [-0.4, -0.2) is 44.1 Å². The van der Waals surface area contributed by atoms with Gasteiger partial charge in [-0.25, -0.2) is 4.39 Å². The van der Waals surface area contributed by atoms with Crippen molar-refractivity contribution in [2.75, 3.05) is 38.2 Å². The summed E-state index contributed by atoms with van der Waals surface area (Å²) in [6.45, 7) is 3.26. The number of likely N-dealkylation sites (N-methyl/N-ethyl adjacent to an activating group) is 1. The second kappa shape index (κ2) is 10.3. The zero-order valence-corrected chi connectivity index (χ0v) is 15.7. The van der Waals surface area contributed by atoms with Gasteiger partial charge in [0.15, 0.2) is 0 Å². The lowest BCUT2D eigenvalue weighted by Gasteiger charge is -2.25. The number of ether oxygens (including phenoxy) is 1. The number of carbonyl (C=O) groups excluding carboxylic acids is 1. The van der Waals surface area contributed by atoms with Crippen molar-refractivity contribution in [3.05, 3.63) is 59.9 Å². The van der Waals surface area contributed by atoms with Gasteiger partial charge in [-0.15, -0.1) is 0 Å². The van der Waals surface area contributed by atoms with Crippen LogP contribution in [0.3, 0.4) is 0 Å². The molecular weight excluding hydrogens is 345 g/mol. The molecule has 2 aromatic rings. The third kappa shape index (κ3) is 6.39. The van der Waals surface area contributed by atoms with Gasteiger partial charge in [-0.05, 0) is 38.2 Å². The van der Waals surface area contributed by atoms with E-state index in [1.165, 1.54) is 11.0 Å². The van der Waals surface area contributed by atoms with E-state index in [0.717, 1.165) is 11.3 Å². The summed E-state index contributed by atoms with van der Waals surface area (Å²) < 4.78 is 19.7. The topological polar surface area (TPSA) is 56.6 Å². The first-order chi connectivity index (χ1) is 13.0. The SMILES string of the molecule is Cc1ccc(OCCN(C)CC(=O)N(CCC#N)c2ccccc2F)cc1. The molecule has 0 saturated heterocycles. The summed E-state index contributed by atoms with van der Waals surface area (Å²) in [7, 11) is 1.81. The minimum absolute atomic E-state index is 0.108. The maximum atomic E-state index is 14.1. The van der Waals surface area contributed by atoms with E-state index in [-0.39, 0.29) is 31.1 Å². The number of nitrogens with zero attached hydrogens (tertiary/aromatic N) is 3. The number of anilines is 1. The molecule has 0 aliphatic rings. The highest BCUT2D eigenvalue weighted by atomic mass is 19.1. The van der Waals surface area contributed by atoms with Gasteiger partial charge in [-0.1, -0.05) is 29.8 Å². The van der Waals surface area contributed by atoms with Gasteiger partial charge < -0.3 is 9.64 Å². The number of hydrogen-bond donors (Lipinski definition) is 0. The number of carbonyl (C=O) groups is 1. The molecule has 0 fully saturated rings. The molecule has 2 rings (SSSR count). The van der Waals surface area contributed by atoms with Crippen LogP contribution >= 0.6 is 0 Å². The summed E-state index contributed by atoms with van der Waals surface area (Å²) in [5.74, 6) is 0.0460. The normalized spacial score (nSPS) is 10.5. The minimum Gasteiger partial charge on any atom is -0.492 e. The second-order valence-corrected chi connectivity index (χ2v) is 6.30. The van der Waals surface area contributed by atoms with Crippen molar-refractivity contribution in [3.63, 3.8) is 0 Å². The first kappa shape index (κ1) is 20.4. The van der Waals surface area contributed by atoms with Crippen LogP contribution in [0.15, 0.2) is 48.5 Å². The molecule has 6 heteroatoms. The molecule has 2 aromatic carbocycles. The van der Waals surface area contributed by atoms with Gasteiger partial charge in [-0.3, -0.25) is 9.69 Å². The number of nitriles is 1. The van der Waals surface area contributed by atoms with E-state index in [2.05, 4.69) is 0 Å². The van der Waals surface area contributed by atoms with Gasteiger partial charge in [0.25, 0.3) is 0 Å². The number of benzene rings is 2. The number of rotatable bonds is 9. The Morgan fingerprint density at radius 3 is 2.52 bits per heavy atom. The zero-order chi connectivity index (χ0) is 19.6. The van der Waals surface area contributed by atoms with Gasteiger partial charge in [0.1, 0.15) is 18.2 Å². The van der Waals surface area contributed by atoms with Gasteiger partial charge in [0.05, 0.1) is 24.7 Å². The molecule has 0 bridgehead atoms. The van der Waals surface area contributed by atoms with E-state index in [9.17, 15) is 9.18 Å². The lowest BCUT2D eigenvalue weighted by Crippen LogP contribution is -2.41. The largest absolute Gasteiger partial charge is 0.492 e. The number of para-hydroxylation sites is 1. The molecule has 0 spiro atoms. The van der Waals surface area contributed by atoms with Gasteiger partial charge in [-0.2, -0.15) is 5.26 Å².